The third-order valence-electron chi connectivity index (χ3n) is 10.4. The molecule has 58 heavy (non-hydrogen) atoms. The van der Waals surface area contributed by atoms with E-state index in [1.165, 1.54) is 4.70 Å². The highest BCUT2D eigenvalue weighted by Crippen LogP contribution is 2.43. The molecule has 7 aromatic carbocycles. The molecule has 11 rings (SSSR count). The molecule has 4 heterocycles. The molecular formula is C50H28N6S2. The monoisotopic (exact) mass is 776 g/mol. The van der Waals surface area contributed by atoms with Crippen LogP contribution in [0.4, 0.5) is 5.69 Å². The number of fused-ring (bicyclic) bond motifs is 6. The standard InChI is InChI=1S/C50H28N6S2/c1-51-39-20-10-8-17-35(39)30-23-25-33(26-24-30)48-54-47(32-15-6-3-7-16-32)55-50(56-48)37-19-12-22-42-43(37)38-29-34(27-28-41(38)57-42)49-52-44(31-13-4-2-5-14-31)46-45(53-49)36-18-9-11-21-40(36)58-46/h2-29H. The van der Waals surface area contributed by atoms with Gasteiger partial charge in [-0.1, -0.05) is 140 Å². The average molecular weight is 777 g/mol. The van der Waals surface area contributed by atoms with Gasteiger partial charge in [0.1, 0.15) is 0 Å². The number of aromatic nitrogens is 5. The minimum atomic E-state index is 0.573. The van der Waals surface area contributed by atoms with Crippen molar-refractivity contribution in [3.63, 3.8) is 0 Å². The molecule has 0 saturated carbocycles. The van der Waals surface area contributed by atoms with Crippen molar-refractivity contribution in [3.05, 3.63) is 181 Å². The lowest BCUT2D eigenvalue weighted by molar-refractivity contribution is 1.08. The van der Waals surface area contributed by atoms with E-state index < -0.39 is 0 Å². The molecule has 4 aromatic heterocycles. The molecule has 8 heteroatoms. The van der Waals surface area contributed by atoms with Gasteiger partial charge in [-0.3, -0.25) is 0 Å². The van der Waals surface area contributed by atoms with Gasteiger partial charge in [0.15, 0.2) is 29.0 Å². The molecule has 6 nitrogen and oxygen atoms in total. The fourth-order valence-corrected chi connectivity index (χ4v) is 9.89. The quantitative estimate of drug-likeness (QED) is 0.157. The Balaban J connectivity index is 1.09. The van der Waals surface area contributed by atoms with Crippen molar-refractivity contribution < 1.29 is 0 Å². The second-order valence-electron chi connectivity index (χ2n) is 13.9. The predicted molar refractivity (Wildman–Crippen MR) is 240 cm³/mol. The fourth-order valence-electron chi connectivity index (χ4n) is 7.62. The van der Waals surface area contributed by atoms with Gasteiger partial charge in [0.2, 0.25) is 0 Å². The van der Waals surface area contributed by atoms with Crippen molar-refractivity contribution in [2.45, 2.75) is 0 Å². The highest BCUT2D eigenvalue weighted by atomic mass is 32.1. The van der Waals surface area contributed by atoms with Crippen LogP contribution < -0.4 is 0 Å². The van der Waals surface area contributed by atoms with Gasteiger partial charge < -0.3 is 0 Å². The maximum absolute atomic E-state index is 7.66. The van der Waals surface area contributed by atoms with Crippen LogP contribution in [0.3, 0.4) is 0 Å². The summed E-state index contributed by atoms with van der Waals surface area (Å²) >= 11 is 3.49. The van der Waals surface area contributed by atoms with Gasteiger partial charge in [0.25, 0.3) is 0 Å². The van der Waals surface area contributed by atoms with E-state index in [0.717, 1.165) is 80.4 Å². The average Bonchev–Trinajstić information content (AvgIpc) is 3.87. The molecule has 0 fully saturated rings. The molecule has 270 valence electrons. The first-order valence-corrected chi connectivity index (χ1v) is 20.4. The van der Waals surface area contributed by atoms with Crippen LogP contribution in [0, 0.1) is 6.57 Å². The normalized spacial score (nSPS) is 11.4. The minimum Gasteiger partial charge on any atom is -0.238 e. The van der Waals surface area contributed by atoms with Crippen molar-refractivity contribution in [2.75, 3.05) is 0 Å². The maximum Gasteiger partial charge on any atom is 0.194 e. The Morgan fingerprint density at radius 2 is 0.983 bits per heavy atom. The maximum atomic E-state index is 7.66. The Labute approximate surface area is 341 Å². The molecule has 0 aliphatic heterocycles. The van der Waals surface area contributed by atoms with Crippen LogP contribution in [0.1, 0.15) is 0 Å². The van der Waals surface area contributed by atoms with Gasteiger partial charge in [-0.05, 0) is 41.5 Å². The molecule has 0 N–H and O–H groups in total. The zero-order valence-corrected chi connectivity index (χ0v) is 32.3. The van der Waals surface area contributed by atoms with Crippen molar-refractivity contribution in [2.24, 2.45) is 0 Å². The summed E-state index contributed by atoms with van der Waals surface area (Å²) in [6.45, 7) is 7.66. The number of hydrogen-bond acceptors (Lipinski definition) is 7. The summed E-state index contributed by atoms with van der Waals surface area (Å²) < 4.78 is 4.58. The number of nitrogens with zero attached hydrogens (tertiary/aromatic N) is 6. The van der Waals surface area contributed by atoms with Crippen molar-refractivity contribution in [1.29, 1.82) is 0 Å². The van der Waals surface area contributed by atoms with Crippen molar-refractivity contribution >= 4 is 68.8 Å². The number of rotatable bonds is 6. The lowest BCUT2D eigenvalue weighted by Gasteiger charge is -2.11. The first-order chi connectivity index (χ1) is 28.7. The minimum absolute atomic E-state index is 0.573. The molecule has 0 saturated heterocycles. The van der Waals surface area contributed by atoms with E-state index >= 15 is 0 Å². The van der Waals surface area contributed by atoms with Crippen molar-refractivity contribution in [3.8, 4) is 67.9 Å². The summed E-state index contributed by atoms with van der Waals surface area (Å²) in [7, 11) is 0. The molecule has 0 unspecified atom stereocenters. The molecular weight excluding hydrogens is 749 g/mol. The topological polar surface area (TPSA) is 68.8 Å². The van der Waals surface area contributed by atoms with E-state index in [9.17, 15) is 0 Å². The largest absolute Gasteiger partial charge is 0.238 e. The number of benzene rings is 7. The smallest absolute Gasteiger partial charge is 0.194 e. The molecule has 0 bridgehead atoms. The first kappa shape index (κ1) is 33.9. The Morgan fingerprint density at radius 1 is 0.397 bits per heavy atom. The lowest BCUT2D eigenvalue weighted by atomic mass is 10.0. The highest BCUT2D eigenvalue weighted by molar-refractivity contribution is 7.26. The van der Waals surface area contributed by atoms with E-state index in [4.69, 9.17) is 31.5 Å². The molecule has 0 aliphatic rings. The van der Waals surface area contributed by atoms with Crippen LogP contribution in [-0.4, -0.2) is 24.9 Å². The second-order valence-corrected chi connectivity index (χ2v) is 16.0. The second kappa shape index (κ2) is 13.9. The molecule has 0 spiro atoms. The van der Waals surface area contributed by atoms with Gasteiger partial charge >= 0.3 is 0 Å². The SMILES string of the molecule is [C-]#[N+]c1ccccc1-c1ccc(-c2nc(-c3ccccc3)nc(-c3cccc4sc5ccc(-c6nc(-c7ccccc7)c7sc8ccccc8c7n6)cc5c34)n2)cc1. The van der Waals surface area contributed by atoms with Gasteiger partial charge in [0.05, 0.1) is 22.5 Å². The molecule has 0 amide bonds. The first-order valence-electron chi connectivity index (χ1n) is 18.8. The Bertz CT molecular complexity index is 3400. The summed E-state index contributed by atoms with van der Waals surface area (Å²) in [6, 6.07) is 57.5. The molecule has 0 atom stereocenters. The third kappa shape index (κ3) is 5.80. The number of para-hydroxylation sites is 1. The summed E-state index contributed by atoms with van der Waals surface area (Å²) in [5.74, 6) is 2.45. The highest BCUT2D eigenvalue weighted by Gasteiger charge is 2.20. The van der Waals surface area contributed by atoms with E-state index in [1.54, 1.807) is 22.7 Å². The number of thiophene rings is 2. The third-order valence-corrected chi connectivity index (χ3v) is 12.7. The molecule has 11 aromatic rings. The van der Waals surface area contributed by atoms with Gasteiger partial charge in [-0.2, -0.15) is 0 Å². The Hall–Kier alpha value is -7.44. The van der Waals surface area contributed by atoms with E-state index in [1.807, 2.05) is 84.9 Å². The van der Waals surface area contributed by atoms with E-state index in [0.29, 0.717) is 29.0 Å². The summed E-state index contributed by atoms with van der Waals surface area (Å²) in [6.07, 6.45) is 0. The Morgan fingerprint density at radius 3 is 1.78 bits per heavy atom. The predicted octanol–water partition coefficient (Wildman–Crippen LogP) is 14.0. The van der Waals surface area contributed by atoms with Crippen LogP contribution in [0.2, 0.25) is 0 Å². The van der Waals surface area contributed by atoms with Gasteiger partial charge in [0, 0.05) is 58.1 Å². The van der Waals surface area contributed by atoms with Crippen LogP contribution >= 0.6 is 22.7 Å². The Kier molecular flexibility index (Phi) is 8.14. The lowest BCUT2D eigenvalue weighted by Crippen LogP contribution is -2.00. The summed E-state index contributed by atoms with van der Waals surface area (Å²) in [5, 5.41) is 3.31. The van der Waals surface area contributed by atoms with E-state index in [2.05, 4.69) is 89.8 Å². The summed E-state index contributed by atoms with van der Waals surface area (Å²) in [5.41, 5.74) is 9.08. The zero-order chi connectivity index (χ0) is 38.6. The van der Waals surface area contributed by atoms with E-state index in [-0.39, 0.29) is 0 Å². The molecule has 0 aliphatic carbocycles. The van der Waals surface area contributed by atoms with Crippen LogP contribution in [0.5, 0.6) is 0 Å². The molecule has 0 radical (unpaired) electrons. The zero-order valence-electron chi connectivity index (χ0n) is 30.7. The van der Waals surface area contributed by atoms with Crippen LogP contribution in [0.15, 0.2) is 170 Å². The van der Waals surface area contributed by atoms with Gasteiger partial charge in [-0.25, -0.2) is 29.8 Å². The van der Waals surface area contributed by atoms with Crippen molar-refractivity contribution in [1.82, 2.24) is 24.9 Å². The number of hydrogen-bond donors (Lipinski definition) is 0. The van der Waals surface area contributed by atoms with Crippen LogP contribution in [0.25, 0.3) is 113 Å². The summed E-state index contributed by atoms with van der Waals surface area (Å²) in [4.78, 5) is 29.6. The van der Waals surface area contributed by atoms with Crippen LogP contribution in [-0.2, 0) is 0 Å². The van der Waals surface area contributed by atoms with Gasteiger partial charge in [-0.15, -0.1) is 22.7 Å². The fraction of sp³-hybridized carbons (Fsp3) is 0.